The second-order valence-corrected chi connectivity index (χ2v) is 8.15. The van der Waals surface area contributed by atoms with Crippen LogP contribution < -0.4 is 4.90 Å². The summed E-state index contributed by atoms with van der Waals surface area (Å²) < 4.78 is 0. The predicted octanol–water partition coefficient (Wildman–Crippen LogP) is 4.70. The fourth-order valence-corrected chi connectivity index (χ4v) is 3.87. The van der Waals surface area contributed by atoms with Gasteiger partial charge in [-0.05, 0) is 56.5 Å². The highest BCUT2D eigenvalue weighted by atomic mass is 16.2. The van der Waals surface area contributed by atoms with Gasteiger partial charge in [0.05, 0.1) is 23.0 Å². The molecule has 2 aromatic heterocycles. The molecule has 1 aromatic carbocycles. The Hall–Kier alpha value is -3.41. The normalized spacial score (nSPS) is 14.7. The lowest BCUT2D eigenvalue weighted by atomic mass is 9.85. The van der Waals surface area contributed by atoms with Crippen molar-refractivity contribution in [3.63, 3.8) is 0 Å². The first-order valence-electron chi connectivity index (χ1n) is 10.0. The average Bonchev–Trinajstić information content (AvgIpc) is 2.93. The highest BCUT2D eigenvalue weighted by Crippen LogP contribution is 2.46. The lowest BCUT2D eigenvalue weighted by Gasteiger charge is -2.21. The molecule has 0 saturated carbocycles. The van der Waals surface area contributed by atoms with E-state index in [1.54, 1.807) is 23.5 Å². The minimum Gasteiger partial charge on any atom is -0.292 e. The number of rotatable bonds is 4. The number of aromatic nitrogens is 3. The van der Waals surface area contributed by atoms with Crippen molar-refractivity contribution in [3.8, 4) is 11.1 Å². The van der Waals surface area contributed by atoms with Crippen LogP contribution in [0.1, 0.15) is 54.6 Å². The van der Waals surface area contributed by atoms with Crippen LogP contribution in [0.15, 0.2) is 42.9 Å². The van der Waals surface area contributed by atoms with E-state index in [4.69, 9.17) is 0 Å². The number of carbonyl (C=O) groups excluding carboxylic acids is 2. The van der Waals surface area contributed by atoms with Crippen LogP contribution in [0.5, 0.6) is 0 Å². The van der Waals surface area contributed by atoms with Gasteiger partial charge in [-0.1, -0.05) is 19.1 Å². The van der Waals surface area contributed by atoms with Crippen LogP contribution in [-0.2, 0) is 10.2 Å². The number of aryl methyl sites for hydroxylation is 2. The van der Waals surface area contributed by atoms with Gasteiger partial charge in [0.15, 0.2) is 5.78 Å². The molecule has 0 aliphatic carbocycles. The van der Waals surface area contributed by atoms with E-state index in [9.17, 15) is 9.59 Å². The van der Waals surface area contributed by atoms with Gasteiger partial charge in [-0.2, -0.15) is 0 Å². The molecule has 0 radical (unpaired) electrons. The van der Waals surface area contributed by atoms with Crippen LogP contribution in [0.25, 0.3) is 11.1 Å². The molecule has 1 aliphatic rings. The lowest BCUT2D eigenvalue weighted by molar-refractivity contribution is -0.121. The van der Waals surface area contributed by atoms with E-state index in [1.165, 1.54) is 0 Å². The molecule has 0 unspecified atom stereocenters. The minimum atomic E-state index is -0.663. The Morgan fingerprint density at radius 1 is 1.00 bits per heavy atom. The van der Waals surface area contributed by atoms with Crippen LogP contribution >= 0.6 is 0 Å². The molecule has 30 heavy (non-hydrogen) atoms. The maximum Gasteiger partial charge on any atom is 0.241 e. The van der Waals surface area contributed by atoms with E-state index >= 15 is 0 Å². The zero-order chi connectivity index (χ0) is 21.6. The second kappa shape index (κ2) is 7.13. The number of hydrogen-bond acceptors (Lipinski definition) is 5. The monoisotopic (exact) mass is 400 g/mol. The molecular formula is C24H24N4O2. The van der Waals surface area contributed by atoms with Crippen molar-refractivity contribution in [3.05, 3.63) is 65.5 Å². The maximum absolute atomic E-state index is 13.4. The van der Waals surface area contributed by atoms with Crippen molar-refractivity contribution in [2.45, 2.75) is 46.5 Å². The van der Waals surface area contributed by atoms with Gasteiger partial charge in [0, 0.05) is 24.4 Å². The van der Waals surface area contributed by atoms with Crippen LogP contribution in [-0.4, -0.2) is 26.6 Å². The third-order valence-corrected chi connectivity index (χ3v) is 5.67. The van der Waals surface area contributed by atoms with Crippen LogP contribution in [0.2, 0.25) is 0 Å². The first-order chi connectivity index (χ1) is 14.2. The number of nitrogens with zero attached hydrogens (tertiary/aromatic N) is 4. The predicted molar refractivity (Wildman–Crippen MR) is 116 cm³/mol. The molecule has 0 atom stereocenters. The zero-order valence-corrected chi connectivity index (χ0v) is 17.9. The minimum absolute atomic E-state index is 0.00538. The molecule has 0 bridgehead atoms. The number of Topliss-reactive ketones (excluding diaryl/α,β-unsaturated/α-hetero) is 1. The molecular weight excluding hydrogens is 376 g/mol. The van der Waals surface area contributed by atoms with Crippen molar-refractivity contribution in [1.29, 1.82) is 0 Å². The number of ketones is 1. The summed E-state index contributed by atoms with van der Waals surface area (Å²) in [5.74, 6) is 0.681. The molecule has 6 heteroatoms. The molecule has 0 spiro atoms. The quantitative estimate of drug-likeness (QED) is 0.593. The number of benzene rings is 1. The summed E-state index contributed by atoms with van der Waals surface area (Å²) in [6.07, 6.45) is 5.58. The van der Waals surface area contributed by atoms with E-state index in [1.807, 2.05) is 58.9 Å². The summed E-state index contributed by atoms with van der Waals surface area (Å²) in [6, 6.07) is 7.85. The number of fused-ring (bicyclic) bond motifs is 1. The zero-order valence-electron chi connectivity index (χ0n) is 17.9. The molecule has 3 heterocycles. The molecule has 152 valence electrons. The molecule has 3 aromatic rings. The number of anilines is 2. The molecule has 6 nitrogen and oxygen atoms in total. The smallest absolute Gasteiger partial charge is 0.241 e. The molecule has 1 amide bonds. The second-order valence-electron chi connectivity index (χ2n) is 8.15. The summed E-state index contributed by atoms with van der Waals surface area (Å²) >= 11 is 0. The number of pyridine rings is 1. The fraction of sp³-hybridized carbons (Fsp3) is 0.292. The Labute approximate surface area is 176 Å². The highest BCUT2D eigenvalue weighted by molar-refractivity contribution is 6.13. The largest absolute Gasteiger partial charge is 0.292 e. The molecule has 1 aliphatic heterocycles. The van der Waals surface area contributed by atoms with Crippen LogP contribution in [0, 0.1) is 13.8 Å². The Morgan fingerprint density at radius 2 is 1.70 bits per heavy atom. The summed E-state index contributed by atoms with van der Waals surface area (Å²) in [6.45, 7) is 9.37. The van der Waals surface area contributed by atoms with Crippen LogP contribution in [0.3, 0.4) is 0 Å². The third kappa shape index (κ3) is 3.09. The van der Waals surface area contributed by atoms with E-state index < -0.39 is 5.41 Å². The molecule has 4 rings (SSSR count). The Kier molecular flexibility index (Phi) is 4.73. The van der Waals surface area contributed by atoms with Gasteiger partial charge in [0.25, 0.3) is 0 Å². The topological polar surface area (TPSA) is 76.1 Å². The molecule has 0 saturated heterocycles. The van der Waals surface area contributed by atoms with E-state index in [0.717, 1.165) is 27.9 Å². The summed E-state index contributed by atoms with van der Waals surface area (Å²) in [4.78, 5) is 40.1. The SMILES string of the molecule is CCC(=O)c1ncc(N2C(=O)C(C)(C)c3ccc(-c4cnc(C)nc4)cc32)cc1C. The van der Waals surface area contributed by atoms with Gasteiger partial charge in [-0.25, -0.2) is 9.97 Å². The van der Waals surface area contributed by atoms with Gasteiger partial charge < -0.3 is 0 Å². The number of carbonyl (C=O) groups is 2. The number of amides is 1. The summed E-state index contributed by atoms with van der Waals surface area (Å²) in [5, 5.41) is 0. The Bertz CT molecular complexity index is 1170. The van der Waals surface area contributed by atoms with Gasteiger partial charge in [-0.15, -0.1) is 0 Å². The van der Waals surface area contributed by atoms with E-state index in [-0.39, 0.29) is 11.7 Å². The fourth-order valence-electron chi connectivity index (χ4n) is 3.87. The maximum atomic E-state index is 13.4. The molecule has 0 N–H and O–H groups in total. The summed E-state index contributed by atoms with van der Waals surface area (Å²) in [5.41, 5.74) is 4.82. The van der Waals surface area contributed by atoms with Gasteiger partial charge >= 0.3 is 0 Å². The highest BCUT2D eigenvalue weighted by Gasteiger charge is 2.44. The Balaban J connectivity index is 1.84. The summed E-state index contributed by atoms with van der Waals surface area (Å²) in [7, 11) is 0. The first-order valence-corrected chi connectivity index (χ1v) is 10.0. The standard InChI is InChI=1S/C24H24N4O2/c1-6-21(29)22-14(2)9-18(13-27-22)28-20-10-16(17-11-25-15(3)26-12-17)7-8-19(20)24(4,5)23(28)30/h7-13H,6H2,1-5H3. The van der Waals surface area contributed by atoms with Crippen molar-refractivity contribution in [1.82, 2.24) is 15.0 Å². The van der Waals surface area contributed by atoms with Gasteiger partial charge in [0.1, 0.15) is 11.5 Å². The lowest BCUT2D eigenvalue weighted by Crippen LogP contribution is -2.33. The Morgan fingerprint density at radius 3 is 2.33 bits per heavy atom. The van der Waals surface area contributed by atoms with Crippen molar-refractivity contribution < 1.29 is 9.59 Å². The van der Waals surface area contributed by atoms with Crippen LogP contribution in [0.4, 0.5) is 11.4 Å². The van der Waals surface area contributed by atoms with Crippen molar-refractivity contribution in [2.24, 2.45) is 0 Å². The van der Waals surface area contributed by atoms with E-state index in [2.05, 4.69) is 15.0 Å². The third-order valence-electron chi connectivity index (χ3n) is 5.67. The average molecular weight is 400 g/mol. The van der Waals surface area contributed by atoms with Gasteiger partial charge in [0.2, 0.25) is 5.91 Å². The number of hydrogen-bond donors (Lipinski definition) is 0. The van der Waals surface area contributed by atoms with Crippen molar-refractivity contribution >= 4 is 23.1 Å². The first kappa shape index (κ1) is 19.9. The van der Waals surface area contributed by atoms with Gasteiger partial charge in [-0.3, -0.25) is 19.5 Å². The van der Waals surface area contributed by atoms with E-state index in [0.29, 0.717) is 23.6 Å². The van der Waals surface area contributed by atoms with Crippen molar-refractivity contribution in [2.75, 3.05) is 4.90 Å². The molecule has 0 fully saturated rings.